The molecule has 0 radical (unpaired) electrons. The van der Waals surface area contributed by atoms with Gasteiger partial charge in [-0.15, -0.1) is 0 Å². The molecule has 0 bridgehead atoms. The van der Waals surface area contributed by atoms with Crippen LogP contribution in [0.2, 0.25) is 5.02 Å². The Balaban J connectivity index is 1.15. The van der Waals surface area contributed by atoms with Gasteiger partial charge in [0.25, 0.3) is 0 Å². The van der Waals surface area contributed by atoms with Crippen LogP contribution in [0.3, 0.4) is 0 Å². The number of rotatable bonds is 6. The zero-order valence-electron chi connectivity index (χ0n) is 22.5. The minimum atomic E-state index is -3.53. The van der Waals surface area contributed by atoms with Crippen molar-refractivity contribution in [1.29, 1.82) is 0 Å². The van der Waals surface area contributed by atoms with Crippen LogP contribution in [0.4, 0.5) is 22.0 Å². The summed E-state index contributed by atoms with van der Waals surface area (Å²) in [5.41, 5.74) is -0.597. The van der Waals surface area contributed by atoms with Gasteiger partial charge in [-0.2, -0.15) is 8.78 Å². The largest absolute Gasteiger partial charge is 0.432 e. The van der Waals surface area contributed by atoms with E-state index in [-0.39, 0.29) is 10.6 Å². The average Bonchev–Trinajstić information content (AvgIpc) is 2.91. The molecule has 0 unspecified atom stereocenters. The molecule has 0 amide bonds. The molecule has 3 aliphatic rings. The molecule has 0 saturated heterocycles. The standard InChI is InChI=1S/C32H38ClF5O/c1-19-2-4-20(5-3-19)21-6-8-22(9-7-21)23-10-13-25(14-11-23)32(37,38)39-26-17-29(35)31(30(36)18-26)24-12-15-27(33)28(34)16-24/h12,15-23,25H,2-11,13-14H2,1H3. The molecular formula is C32H38ClF5O. The fourth-order valence-electron chi connectivity index (χ4n) is 7.55. The highest BCUT2D eigenvalue weighted by molar-refractivity contribution is 6.30. The van der Waals surface area contributed by atoms with Gasteiger partial charge in [-0.25, -0.2) is 13.2 Å². The van der Waals surface area contributed by atoms with E-state index in [1.54, 1.807) is 0 Å². The first kappa shape index (κ1) is 28.7. The van der Waals surface area contributed by atoms with Crippen molar-refractivity contribution in [2.75, 3.05) is 0 Å². The monoisotopic (exact) mass is 568 g/mol. The normalized spacial score (nSPS) is 30.2. The summed E-state index contributed by atoms with van der Waals surface area (Å²) in [6.45, 7) is 2.36. The van der Waals surface area contributed by atoms with E-state index < -0.39 is 40.8 Å². The molecule has 0 N–H and O–H groups in total. The molecule has 2 aromatic carbocycles. The third-order valence-electron chi connectivity index (χ3n) is 9.94. The van der Waals surface area contributed by atoms with Crippen molar-refractivity contribution < 1.29 is 26.7 Å². The van der Waals surface area contributed by atoms with Crippen molar-refractivity contribution >= 4 is 11.6 Å². The first-order valence-electron chi connectivity index (χ1n) is 14.6. The number of halogens is 6. The Morgan fingerprint density at radius 1 is 0.667 bits per heavy atom. The van der Waals surface area contributed by atoms with E-state index in [9.17, 15) is 13.2 Å². The van der Waals surface area contributed by atoms with Crippen LogP contribution in [0.15, 0.2) is 30.3 Å². The second-order valence-electron chi connectivity index (χ2n) is 12.4. The molecule has 0 spiro atoms. The van der Waals surface area contributed by atoms with Crippen molar-refractivity contribution in [2.24, 2.45) is 35.5 Å². The number of hydrogen-bond donors (Lipinski definition) is 0. The van der Waals surface area contributed by atoms with Crippen LogP contribution in [0.5, 0.6) is 5.75 Å². The number of benzene rings is 2. The highest BCUT2D eigenvalue weighted by Gasteiger charge is 2.45. The topological polar surface area (TPSA) is 9.23 Å². The molecule has 2 aromatic rings. The van der Waals surface area contributed by atoms with E-state index in [0.717, 1.165) is 48.8 Å². The van der Waals surface area contributed by atoms with Crippen LogP contribution in [0, 0.1) is 53.0 Å². The van der Waals surface area contributed by atoms with Crippen LogP contribution >= 0.6 is 11.6 Å². The first-order chi connectivity index (χ1) is 18.6. The van der Waals surface area contributed by atoms with Crippen LogP contribution < -0.4 is 4.74 Å². The van der Waals surface area contributed by atoms with Crippen molar-refractivity contribution in [3.8, 4) is 16.9 Å². The Bertz CT molecular complexity index is 1110. The molecule has 5 rings (SSSR count). The van der Waals surface area contributed by atoms with Crippen LogP contribution in [-0.4, -0.2) is 6.11 Å². The van der Waals surface area contributed by atoms with Crippen molar-refractivity contribution in [2.45, 2.75) is 90.1 Å². The van der Waals surface area contributed by atoms with Gasteiger partial charge in [0.1, 0.15) is 23.2 Å². The number of alkyl halides is 2. The summed E-state index contributed by atoms with van der Waals surface area (Å²) in [5, 5.41) is -0.185. The van der Waals surface area contributed by atoms with E-state index in [1.807, 2.05) is 0 Å². The molecule has 0 atom stereocenters. The summed E-state index contributed by atoms with van der Waals surface area (Å²) >= 11 is 5.65. The van der Waals surface area contributed by atoms with E-state index in [2.05, 4.69) is 6.92 Å². The summed E-state index contributed by atoms with van der Waals surface area (Å²) in [4.78, 5) is 0. The Labute approximate surface area is 233 Å². The minimum absolute atomic E-state index is 0.0779. The van der Waals surface area contributed by atoms with Gasteiger partial charge in [0.05, 0.1) is 16.5 Å². The van der Waals surface area contributed by atoms with Crippen LogP contribution in [0.25, 0.3) is 11.1 Å². The van der Waals surface area contributed by atoms with Gasteiger partial charge in [0.2, 0.25) is 0 Å². The second kappa shape index (κ2) is 12.0. The second-order valence-corrected chi connectivity index (χ2v) is 12.8. The summed E-state index contributed by atoms with van der Waals surface area (Å²) in [7, 11) is 0. The third kappa shape index (κ3) is 6.57. The fourth-order valence-corrected chi connectivity index (χ4v) is 7.67. The zero-order chi connectivity index (χ0) is 27.7. The Hall–Kier alpha value is -1.82. The van der Waals surface area contributed by atoms with Crippen molar-refractivity contribution in [1.82, 2.24) is 0 Å². The molecule has 214 valence electrons. The van der Waals surface area contributed by atoms with E-state index in [0.29, 0.717) is 24.7 Å². The summed E-state index contributed by atoms with van der Waals surface area (Å²) in [6.07, 6.45) is 9.05. The van der Waals surface area contributed by atoms with E-state index >= 15 is 8.78 Å². The molecule has 0 heterocycles. The van der Waals surface area contributed by atoms with Crippen molar-refractivity contribution in [3.63, 3.8) is 0 Å². The van der Waals surface area contributed by atoms with Gasteiger partial charge >= 0.3 is 6.11 Å². The van der Waals surface area contributed by atoms with Crippen molar-refractivity contribution in [3.05, 3.63) is 52.8 Å². The first-order valence-corrected chi connectivity index (χ1v) is 15.0. The lowest BCUT2D eigenvalue weighted by atomic mass is 9.65. The molecule has 39 heavy (non-hydrogen) atoms. The highest BCUT2D eigenvalue weighted by Crippen LogP contribution is 2.48. The van der Waals surface area contributed by atoms with Crippen LogP contribution in [-0.2, 0) is 0 Å². The quantitative estimate of drug-likeness (QED) is 0.315. The van der Waals surface area contributed by atoms with Gasteiger partial charge in [-0.05, 0) is 111 Å². The average molecular weight is 569 g/mol. The lowest BCUT2D eigenvalue weighted by molar-refractivity contribution is -0.224. The Morgan fingerprint density at radius 3 is 1.62 bits per heavy atom. The molecule has 1 nitrogen and oxygen atoms in total. The van der Waals surface area contributed by atoms with E-state index in [4.69, 9.17) is 16.3 Å². The van der Waals surface area contributed by atoms with Gasteiger partial charge in [-0.3, -0.25) is 0 Å². The molecule has 3 fully saturated rings. The smallest absolute Gasteiger partial charge is 0.400 e. The van der Waals surface area contributed by atoms with E-state index in [1.165, 1.54) is 63.5 Å². The highest BCUT2D eigenvalue weighted by atomic mass is 35.5. The lowest BCUT2D eigenvalue weighted by Crippen LogP contribution is -2.38. The predicted molar refractivity (Wildman–Crippen MR) is 144 cm³/mol. The molecule has 3 saturated carbocycles. The molecule has 3 aliphatic carbocycles. The summed E-state index contributed by atoms with van der Waals surface area (Å²) < 4.78 is 78.4. The van der Waals surface area contributed by atoms with Gasteiger partial charge in [0.15, 0.2) is 0 Å². The maximum atomic E-state index is 15.1. The third-order valence-corrected chi connectivity index (χ3v) is 10.2. The SMILES string of the molecule is CC1CCC(C2CCC(C3CCC(C(F)(F)Oc4cc(F)c(-c5ccc(Cl)c(F)c5)c(F)c4)CC3)CC2)CC1. The van der Waals surface area contributed by atoms with Gasteiger partial charge in [-0.1, -0.05) is 37.4 Å². The molecular weight excluding hydrogens is 531 g/mol. The molecule has 7 heteroatoms. The predicted octanol–water partition coefficient (Wildman–Crippen LogP) is 10.8. The maximum Gasteiger partial charge on any atom is 0.400 e. The summed E-state index contributed by atoms with van der Waals surface area (Å²) in [6, 6.07) is 4.82. The molecule has 0 aromatic heterocycles. The summed E-state index contributed by atoms with van der Waals surface area (Å²) in [5.74, 6) is -0.940. The Morgan fingerprint density at radius 2 is 1.13 bits per heavy atom. The van der Waals surface area contributed by atoms with Gasteiger partial charge < -0.3 is 4.74 Å². The Kier molecular flexibility index (Phi) is 8.80. The maximum absolute atomic E-state index is 15.1. The molecule has 0 aliphatic heterocycles. The van der Waals surface area contributed by atoms with Gasteiger partial charge in [0, 0.05) is 12.1 Å². The fraction of sp³-hybridized carbons (Fsp3) is 0.625. The number of hydrogen-bond acceptors (Lipinski definition) is 1. The number of ether oxygens (including phenoxy) is 1. The minimum Gasteiger partial charge on any atom is -0.432 e. The van der Waals surface area contributed by atoms with Crippen LogP contribution in [0.1, 0.15) is 84.0 Å². The zero-order valence-corrected chi connectivity index (χ0v) is 23.3. The lowest BCUT2D eigenvalue weighted by Gasteiger charge is -2.41.